The van der Waals surface area contributed by atoms with E-state index in [0.29, 0.717) is 11.8 Å². The van der Waals surface area contributed by atoms with Gasteiger partial charge in [-0.2, -0.15) is 10.1 Å². The number of hydrogen-bond donors (Lipinski definition) is 3. The summed E-state index contributed by atoms with van der Waals surface area (Å²) in [5, 5.41) is 13.9. The minimum absolute atomic E-state index is 0.521. The maximum absolute atomic E-state index is 5.20. The molecule has 0 atom stereocenters. The highest BCUT2D eigenvalue weighted by Crippen LogP contribution is 2.34. The molecule has 0 fully saturated rings. The number of anilines is 4. The van der Waals surface area contributed by atoms with E-state index in [2.05, 4.69) is 58.9 Å². The van der Waals surface area contributed by atoms with Gasteiger partial charge >= 0.3 is 0 Å². The smallest absolute Gasteiger partial charge is 0.229 e. The Morgan fingerprint density at radius 2 is 1.77 bits per heavy atom. The lowest BCUT2D eigenvalue weighted by atomic mass is 9.90. The fourth-order valence-electron chi connectivity index (χ4n) is 3.58. The lowest BCUT2D eigenvalue weighted by Gasteiger charge is -2.17. The maximum atomic E-state index is 5.20. The van der Waals surface area contributed by atoms with E-state index < -0.39 is 0 Å². The van der Waals surface area contributed by atoms with Crippen LogP contribution in [0.4, 0.5) is 23.1 Å². The molecule has 0 radical (unpaired) electrons. The van der Waals surface area contributed by atoms with Crippen molar-refractivity contribution in [2.75, 3.05) is 17.7 Å². The number of nitrogens with one attached hydrogen (secondary N) is 3. The number of aromatic nitrogens is 4. The largest absolute Gasteiger partial charge is 0.497 e. The Balaban J connectivity index is 1.37. The van der Waals surface area contributed by atoms with Gasteiger partial charge in [-0.1, -0.05) is 6.07 Å². The molecule has 8 heteroatoms. The molecule has 0 saturated carbocycles. The molecule has 0 aliphatic heterocycles. The molecule has 0 bridgehead atoms. The molecule has 0 unspecified atom stereocenters. The van der Waals surface area contributed by atoms with Crippen LogP contribution in [0.3, 0.4) is 0 Å². The van der Waals surface area contributed by atoms with Crippen molar-refractivity contribution in [2.24, 2.45) is 0 Å². The van der Waals surface area contributed by atoms with Crippen LogP contribution in [0.5, 0.6) is 5.75 Å². The van der Waals surface area contributed by atoms with Crippen LogP contribution < -0.4 is 15.4 Å². The van der Waals surface area contributed by atoms with Crippen LogP contribution in [0.25, 0.3) is 11.3 Å². The van der Waals surface area contributed by atoms with Crippen molar-refractivity contribution in [3.63, 3.8) is 0 Å². The van der Waals surface area contributed by atoms with Gasteiger partial charge in [-0.3, -0.25) is 5.10 Å². The summed E-state index contributed by atoms with van der Waals surface area (Å²) in [5.41, 5.74) is 6.74. The Labute approximate surface area is 182 Å². The van der Waals surface area contributed by atoms with Gasteiger partial charge in [-0.05, 0) is 76.3 Å². The van der Waals surface area contributed by atoms with Gasteiger partial charge in [-0.15, -0.1) is 0 Å². The molecular weight excluding hydrogens is 444 g/mol. The molecule has 1 aliphatic carbocycles. The second kappa shape index (κ2) is 7.79. The molecular formula is C22H19BrN6O. The minimum atomic E-state index is 0.521. The average Bonchev–Trinajstić information content (AvgIpc) is 3.26. The van der Waals surface area contributed by atoms with Crippen LogP contribution in [-0.2, 0) is 12.8 Å². The standard InChI is InChI=1S/C22H19BrN6O/c1-30-17-7-4-15(5-8-17)26-21-19(23)12-24-22(28-21)27-16-6-9-18-13(10-16)2-3-14-11-25-29-20(14)18/h4-12H,2-3H2,1H3,(H,25,29)(H2,24,26,27,28). The lowest BCUT2D eigenvalue weighted by Crippen LogP contribution is -2.05. The summed E-state index contributed by atoms with van der Waals surface area (Å²) < 4.78 is 5.98. The average molecular weight is 463 g/mol. The molecule has 2 aromatic heterocycles. The molecule has 0 spiro atoms. The number of fused-ring (bicyclic) bond motifs is 3. The highest BCUT2D eigenvalue weighted by molar-refractivity contribution is 9.10. The van der Waals surface area contributed by atoms with Gasteiger partial charge in [0.05, 0.1) is 23.5 Å². The first-order chi connectivity index (χ1) is 14.7. The molecule has 0 amide bonds. The normalized spacial score (nSPS) is 12.1. The van der Waals surface area contributed by atoms with Gasteiger partial charge in [-0.25, -0.2) is 4.98 Å². The number of benzene rings is 2. The van der Waals surface area contributed by atoms with Crippen molar-refractivity contribution in [1.82, 2.24) is 20.2 Å². The van der Waals surface area contributed by atoms with Crippen molar-refractivity contribution < 1.29 is 4.74 Å². The Hall–Kier alpha value is -3.39. The number of aromatic amines is 1. The van der Waals surface area contributed by atoms with Gasteiger partial charge in [0.1, 0.15) is 11.6 Å². The first-order valence-corrected chi connectivity index (χ1v) is 10.3. The zero-order valence-electron chi connectivity index (χ0n) is 16.2. The SMILES string of the molecule is COc1ccc(Nc2nc(Nc3ccc4c(c3)CCc3cn[nH]c3-4)ncc2Br)cc1. The third kappa shape index (κ3) is 3.61. The molecule has 2 aromatic carbocycles. The van der Waals surface area contributed by atoms with E-state index in [1.165, 1.54) is 16.7 Å². The van der Waals surface area contributed by atoms with E-state index in [0.717, 1.165) is 40.1 Å². The highest BCUT2D eigenvalue weighted by Gasteiger charge is 2.18. The minimum Gasteiger partial charge on any atom is -0.497 e. The number of H-pyrrole nitrogens is 1. The van der Waals surface area contributed by atoms with Gasteiger partial charge in [0.25, 0.3) is 0 Å². The predicted octanol–water partition coefficient (Wildman–Crippen LogP) is 5.22. The first-order valence-electron chi connectivity index (χ1n) is 9.56. The fraction of sp³-hybridized carbons (Fsp3) is 0.136. The fourth-order valence-corrected chi connectivity index (χ4v) is 3.87. The van der Waals surface area contributed by atoms with E-state index in [4.69, 9.17) is 4.74 Å². The van der Waals surface area contributed by atoms with E-state index >= 15 is 0 Å². The Morgan fingerprint density at radius 1 is 0.967 bits per heavy atom. The molecule has 150 valence electrons. The van der Waals surface area contributed by atoms with Crippen molar-refractivity contribution in [1.29, 1.82) is 0 Å². The van der Waals surface area contributed by atoms with Crippen molar-refractivity contribution in [3.05, 3.63) is 70.5 Å². The van der Waals surface area contributed by atoms with E-state index in [9.17, 15) is 0 Å². The number of ether oxygens (including phenoxy) is 1. The summed E-state index contributed by atoms with van der Waals surface area (Å²) in [7, 11) is 1.65. The molecule has 4 aromatic rings. The Bertz CT molecular complexity index is 1200. The van der Waals surface area contributed by atoms with Gasteiger partial charge in [0.15, 0.2) is 0 Å². The Kier molecular flexibility index (Phi) is 4.84. The zero-order chi connectivity index (χ0) is 20.5. The number of nitrogens with zero attached hydrogens (tertiary/aromatic N) is 3. The monoisotopic (exact) mass is 462 g/mol. The molecule has 5 rings (SSSR count). The summed E-state index contributed by atoms with van der Waals surface area (Å²) in [6, 6.07) is 14.0. The first kappa shape index (κ1) is 18.6. The van der Waals surface area contributed by atoms with Gasteiger partial charge < -0.3 is 15.4 Å². The van der Waals surface area contributed by atoms with Crippen LogP contribution in [0.2, 0.25) is 0 Å². The van der Waals surface area contributed by atoms with E-state index in [1.807, 2.05) is 36.5 Å². The van der Waals surface area contributed by atoms with Crippen molar-refractivity contribution >= 4 is 39.1 Å². The topological polar surface area (TPSA) is 87.8 Å². The van der Waals surface area contributed by atoms with Crippen molar-refractivity contribution in [3.8, 4) is 17.0 Å². The number of rotatable bonds is 5. The lowest BCUT2D eigenvalue weighted by molar-refractivity contribution is 0.415. The second-order valence-electron chi connectivity index (χ2n) is 7.01. The molecule has 1 aliphatic rings. The summed E-state index contributed by atoms with van der Waals surface area (Å²) in [5.74, 6) is 2.00. The van der Waals surface area contributed by atoms with E-state index in [-0.39, 0.29) is 0 Å². The Morgan fingerprint density at radius 3 is 2.60 bits per heavy atom. The van der Waals surface area contributed by atoms with Crippen LogP contribution in [-0.4, -0.2) is 27.3 Å². The van der Waals surface area contributed by atoms with Crippen molar-refractivity contribution in [2.45, 2.75) is 12.8 Å². The summed E-state index contributed by atoms with van der Waals surface area (Å²) in [4.78, 5) is 9.02. The summed E-state index contributed by atoms with van der Waals surface area (Å²) >= 11 is 3.51. The molecule has 3 N–H and O–H groups in total. The number of methoxy groups -OCH3 is 1. The predicted molar refractivity (Wildman–Crippen MR) is 121 cm³/mol. The second-order valence-corrected chi connectivity index (χ2v) is 7.87. The highest BCUT2D eigenvalue weighted by atomic mass is 79.9. The molecule has 2 heterocycles. The summed E-state index contributed by atoms with van der Waals surface area (Å²) in [6.07, 6.45) is 5.63. The number of halogens is 1. The molecule has 0 saturated heterocycles. The quantitative estimate of drug-likeness (QED) is 0.376. The number of hydrogen-bond acceptors (Lipinski definition) is 6. The summed E-state index contributed by atoms with van der Waals surface area (Å²) in [6.45, 7) is 0. The van der Waals surface area contributed by atoms with Crippen LogP contribution >= 0.6 is 15.9 Å². The maximum Gasteiger partial charge on any atom is 0.229 e. The molecule has 7 nitrogen and oxygen atoms in total. The van der Waals surface area contributed by atoms with Crippen LogP contribution in [0, 0.1) is 0 Å². The van der Waals surface area contributed by atoms with Crippen LogP contribution in [0.1, 0.15) is 11.1 Å². The molecule has 30 heavy (non-hydrogen) atoms. The van der Waals surface area contributed by atoms with Crippen LogP contribution in [0.15, 0.2) is 59.3 Å². The number of aryl methyl sites for hydroxylation is 2. The van der Waals surface area contributed by atoms with E-state index in [1.54, 1.807) is 13.3 Å². The third-order valence-corrected chi connectivity index (χ3v) is 5.69. The third-order valence-electron chi connectivity index (χ3n) is 5.11. The zero-order valence-corrected chi connectivity index (χ0v) is 17.8. The van der Waals surface area contributed by atoms with Gasteiger partial charge in [0, 0.05) is 23.1 Å². The van der Waals surface area contributed by atoms with Gasteiger partial charge in [0.2, 0.25) is 5.95 Å².